The predicted octanol–water partition coefficient (Wildman–Crippen LogP) is 2.17. The molecule has 6 unspecified atom stereocenters. The van der Waals surface area contributed by atoms with Crippen molar-refractivity contribution in [2.45, 2.75) is 102 Å². The second-order valence-electron chi connectivity index (χ2n) is 9.37. The second-order valence-corrected chi connectivity index (χ2v) is 12.4. The third-order valence-corrected chi connectivity index (χ3v) is 8.56. The van der Waals surface area contributed by atoms with Crippen LogP contribution >= 0.6 is 7.37 Å². The van der Waals surface area contributed by atoms with Gasteiger partial charge in [-0.05, 0) is 25.7 Å². The van der Waals surface area contributed by atoms with Crippen molar-refractivity contribution in [3.05, 3.63) is 0 Å². The first-order valence-corrected chi connectivity index (χ1v) is 14.4. The van der Waals surface area contributed by atoms with Crippen molar-refractivity contribution in [1.29, 1.82) is 0 Å². The monoisotopic (exact) mass is 509 g/mol. The highest BCUT2D eigenvalue weighted by atomic mass is 31.2. The summed E-state index contributed by atoms with van der Waals surface area (Å²) in [6, 6.07) is 0. The van der Waals surface area contributed by atoms with Gasteiger partial charge in [0.05, 0.1) is 12.7 Å². The number of ether oxygens (including phenoxy) is 2. The van der Waals surface area contributed by atoms with Crippen molar-refractivity contribution >= 4 is 19.2 Å². The molecule has 0 spiro atoms. The fourth-order valence-electron chi connectivity index (χ4n) is 3.42. The Hall–Kier alpha value is -1.03. The number of carbonyl (C=O) groups excluding carboxylic acids is 2. The highest BCUT2D eigenvalue weighted by Crippen LogP contribution is 2.47. The molecule has 1 saturated heterocycles. The molecular formula is C23H44NO9P. The number of unbranched alkanes of at least 4 members (excludes halogenated alkanes) is 4. The van der Waals surface area contributed by atoms with E-state index in [-0.39, 0.29) is 18.0 Å². The maximum absolute atomic E-state index is 12.1. The van der Waals surface area contributed by atoms with Crippen LogP contribution in [-0.2, 0) is 28.2 Å². The van der Waals surface area contributed by atoms with Gasteiger partial charge in [-0.15, -0.1) is 0 Å². The summed E-state index contributed by atoms with van der Waals surface area (Å²) in [7, 11) is -2.88. The van der Waals surface area contributed by atoms with Gasteiger partial charge in [0.1, 0.15) is 12.2 Å². The van der Waals surface area contributed by atoms with Gasteiger partial charge < -0.3 is 34.6 Å². The Balaban J connectivity index is 2.03. The quantitative estimate of drug-likeness (QED) is 0.181. The zero-order valence-electron chi connectivity index (χ0n) is 21.0. The second kappa shape index (κ2) is 15.9. The van der Waals surface area contributed by atoms with Gasteiger partial charge in [0, 0.05) is 44.2 Å². The number of nitrogens with one attached hydrogen (secondary N) is 1. The average molecular weight is 510 g/mol. The minimum absolute atomic E-state index is 0.0173. The first-order chi connectivity index (χ1) is 16.0. The summed E-state index contributed by atoms with van der Waals surface area (Å²) in [6.45, 7) is 7.28. The van der Waals surface area contributed by atoms with E-state index in [1.165, 1.54) is 6.66 Å². The maximum atomic E-state index is 12.1. The summed E-state index contributed by atoms with van der Waals surface area (Å²) in [5.41, 5.74) is -0.183. The summed E-state index contributed by atoms with van der Waals surface area (Å²) in [4.78, 5) is 23.7. The Labute approximate surface area is 203 Å². The van der Waals surface area contributed by atoms with Gasteiger partial charge in [-0.1, -0.05) is 33.6 Å². The van der Waals surface area contributed by atoms with E-state index >= 15 is 0 Å². The number of hydrogen-bond acceptors (Lipinski definition) is 9. The fourth-order valence-corrected chi connectivity index (χ4v) is 4.12. The van der Waals surface area contributed by atoms with Crippen LogP contribution in [0.2, 0.25) is 0 Å². The number of aliphatic hydroxyl groups is 3. The molecule has 1 rings (SSSR count). The van der Waals surface area contributed by atoms with E-state index in [9.17, 15) is 29.5 Å². The topological polar surface area (TPSA) is 152 Å². The highest BCUT2D eigenvalue weighted by molar-refractivity contribution is 7.59. The van der Waals surface area contributed by atoms with E-state index in [4.69, 9.17) is 14.0 Å². The zero-order chi connectivity index (χ0) is 25.7. The molecule has 0 aromatic carbocycles. The van der Waals surface area contributed by atoms with Gasteiger partial charge in [-0.3, -0.25) is 14.2 Å². The van der Waals surface area contributed by atoms with Crippen molar-refractivity contribution in [2.24, 2.45) is 5.92 Å². The van der Waals surface area contributed by atoms with Gasteiger partial charge in [0.2, 0.25) is 13.3 Å². The molecular weight excluding hydrogens is 465 g/mol. The van der Waals surface area contributed by atoms with E-state index in [1.807, 2.05) is 0 Å². The first kappa shape index (κ1) is 31.0. The number of hydrogen-bond donors (Lipinski definition) is 4. The van der Waals surface area contributed by atoms with Gasteiger partial charge >= 0.3 is 5.97 Å². The predicted molar refractivity (Wildman–Crippen MR) is 128 cm³/mol. The molecule has 11 heteroatoms. The molecule has 4 N–H and O–H groups in total. The minimum Gasteiger partial charge on any atom is -0.412 e. The zero-order valence-corrected chi connectivity index (χ0v) is 21.9. The molecule has 1 fully saturated rings. The summed E-state index contributed by atoms with van der Waals surface area (Å²) < 4.78 is 28.3. The Morgan fingerprint density at radius 2 is 1.68 bits per heavy atom. The highest BCUT2D eigenvalue weighted by Gasteiger charge is 2.42. The summed E-state index contributed by atoms with van der Waals surface area (Å²) >= 11 is 0. The molecule has 0 bridgehead atoms. The lowest BCUT2D eigenvalue weighted by molar-refractivity contribution is -0.282. The Morgan fingerprint density at radius 1 is 1.03 bits per heavy atom. The van der Waals surface area contributed by atoms with E-state index in [0.29, 0.717) is 26.0 Å². The van der Waals surface area contributed by atoms with Crippen molar-refractivity contribution < 1.29 is 43.5 Å². The minimum atomic E-state index is -2.88. The van der Waals surface area contributed by atoms with Crippen molar-refractivity contribution in [3.63, 3.8) is 0 Å². The van der Waals surface area contributed by atoms with Gasteiger partial charge in [-0.2, -0.15) is 0 Å². The maximum Gasteiger partial charge on any atom is 0.310 e. The molecule has 1 aliphatic rings. The third kappa shape index (κ3) is 11.1. The third-order valence-electron chi connectivity index (χ3n) is 6.12. The number of amides is 1. The molecule has 1 heterocycles. The molecule has 34 heavy (non-hydrogen) atoms. The van der Waals surface area contributed by atoms with Gasteiger partial charge in [0.25, 0.3) is 0 Å². The SMILES string of the molecule is CC1C(OCCCCCC(=O)NCCCCCC(=O)OP(C)(=O)C(C)C)OC(CO)C(O)C1O. The van der Waals surface area contributed by atoms with Crippen molar-refractivity contribution in [1.82, 2.24) is 5.32 Å². The molecule has 0 saturated carbocycles. The summed E-state index contributed by atoms with van der Waals surface area (Å²) in [5.74, 6) is -0.863. The summed E-state index contributed by atoms with van der Waals surface area (Å²) in [5, 5.41) is 32.0. The molecule has 0 radical (unpaired) electrons. The molecule has 0 aromatic heterocycles. The van der Waals surface area contributed by atoms with Crippen molar-refractivity contribution in [3.8, 4) is 0 Å². The van der Waals surface area contributed by atoms with E-state index in [2.05, 4.69) is 5.32 Å². The molecule has 200 valence electrons. The average Bonchev–Trinajstić information content (AvgIpc) is 2.77. The molecule has 1 aliphatic heterocycles. The van der Waals surface area contributed by atoms with Crippen molar-refractivity contribution in [2.75, 3.05) is 26.4 Å². The largest absolute Gasteiger partial charge is 0.412 e. The van der Waals surface area contributed by atoms with E-state index < -0.39 is 50.5 Å². The summed E-state index contributed by atoms with van der Waals surface area (Å²) in [6.07, 6.45) is 1.32. The molecule has 10 nitrogen and oxygen atoms in total. The molecule has 0 aromatic rings. The van der Waals surface area contributed by atoms with Crippen LogP contribution in [0, 0.1) is 5.92 Å². The van der Waals surface area contributed by atoms with Crippen LogP contribution < -0.4 is 5.32 Å². The Bertz CT molecular complexity index is 658. The fraction of sp³-hybridized carbons (Fsp3) is 0.913. The standard InChI is InChI=1S/C23H44NO9P/c1-16(2)34(4,30)33-20(27)12-8-5-9-13-24-19(26)11-7-6-10-14-31-23-17(3)21(28)22(29)18(15-25)32-23/h16-18,21-23,25,28-29H,5-15H2,1-4H3,(H,24,26). The molecule has 6 atom stereocenters. The van der Waals surface area contributed by atoms with Crippen LogP contribution in [0.1, 0.15) is 72.1 Å². The number of rotatable bonds is 16. The van der Waals surface area contributed by atoms with Crippen LogP contribution in [0.15, 0.2) is 0 Å². The van der Waals surface area contributed by atoms with Crippen LogP contribution in [0.3, 0.4) is 0 Å². The van der Waals surface area contributed by atoms with Crippen LogP contribution in [0.4, 0.5) is 0 Å². The number of carbonyl (C=O) groups is 2. The van der Waals surface area contributed by atoms with Crippen LogP contribution in [-0.4, -0.2) is 83.9 Å². The lowest BCUT2D eigenvalue weighted by Gasteiger charge is -2.40. The molecule has 0 aliphatic carbocycles. The Morgan fingerprint density at radius 3 is 2.32 bits per heavy atom. The lowest BCUT2D eigenvalue weighted by Crippen LogP contribution is -2.55. The van der Waals surface area contributed by atoms with E-state index in [0.717, 1.165) is 32.1 Å². The van der Waals surface area contributed by atoms with Gasteiger partial charge in [-0.25, -0.2) is 0 Å². The van der Waals surface area contributed by atoms with Crippen LogP contribution in [0.5, 0.6) is 0 Å². The first-order valence-electron chi connectivity index (χ1n) is 12.3. The number of aliphatic hydroxyl groups excluding tert-OH is 3. The normalized spacial score (nSPS) is 26.8. The van der Waals surface area contributed by atoms with Crippen LogP contribution in [0.25, 0.3) is 0 Å². The smallest absolute Gasteiger partial charge is 0.310 e. The Kier molecular flexibility index (Phi) is 14.5. The lowest BCUT2D eigenvalue weighted by atomic mass is 9.92. The van der Waals surface area contributed by atoms with E-state index in [1.54, 1.807) is 20.8 Å². The molecule has 1 amide bonds. The van der Waals surface area contributed by atoms with Gasteiger partial charge in [0.15, 0.2) is 6.29 Å².